The molecule has 0 bridgehead atoms. The van der Waals surface area contributed by atoms with Crippen molar-refractivity contribution in [3.05, 3.63) is 51.1 Å². The van der Waals surface area contributed by atoms with Gasteiger partial charge in [0, 0.05) is 18.2 Å². The Kier molecular flexibility index (Phi) is 4.39. The molecule has 0 saturated heterocycles. The van der Waals surface area contributed by atoms with Crippen LogP contribution in [0.5, 0.6) is 0 Å². The van der Waals surface area contributed by atoms with Crippen LogP contribution in [0.2, 0.25) is 0 Å². The van der Waals surface area contributed by atoms with Crippen LogP contribution in [0.15, 0.2) is 40.0 Å². The number of esters is 1. The van der Waals surface area contributed by atoms with Gasteiger partial charge in [0.25, 0.3) is 5.69 Å². The highest BCUT2D eigenvalue weighted by atomic mass is 32.1. The molecule has 0 atom stereocenters. The topological polar surface area (TPSA) is 130 Å². The molecular formula is C14H10N4O6S. The fourth-order valence-corrected chi connectivity index (χ4v) is 3.14. The average Bonchev–Trinajstić information content (AvgIpc) is 3.23. The largest absolute Gasteiger partial charge is 0.468 e. The maximum absolute atomic E-state index is 12.1. The molecule has 0 N–H and O–H groups in total. The number of nitro groups is 1. The summed E-state index contributed by atoms with van der Waals surface area (Å²) in [5, 5.41) is 14.4. The summed E-state index contributed by atoms with van der Waals surface area (Å²) < 4.78 is 11.4. The molecule has 3 rings (SSSR count). The summed E-state index contributed by atoms with van der Waals surface area (Å²) in [6, 6.07) is 5.51. The first kappa shape index (κ1) is 16.5. The monoisotopic (exact) mass is 362 g/mol. The molecule has 0 unspecified atom stereocenters. The molecule has 0 saturated carbocycles. The number of nitro benzene ring substituents is 1. The Morgan fingerprint density at radius 2 is 2.24 bits per heavy atom. The highest BCUT2D eigenvalue weighted by Gasteiger charge is 2.16. The third-order valence-electron chi connectivity index (χ3n) is 3.24. The lowest BCUT2D eigenvalue weighted by molar-refractivity contribution is -0.384. The Bertz CT molecular complexity index is 1030. The van der Waals surface area contributed by atoms with Gasteiger partial charge in [-0.1, -0.05) is 16.5 Å². The van der Waals surface area contributed by atoms with Crippen LogP contribution in [-0.4, -0.2) is 33.6 Å². The summed E-state index contributed by atoms with van der Waals surface area (Å²) >= 11 is 1.03. The van der Waals surface area contributed by atoms with E-state index in [1.807, 2.05) is 0 Å². The van der Waals surface area contributed by atoms with Crippen molar-refractivity contribution in [2.24, 2.45) is 4.99 Å². The van der Waals surface area contributed by atoms with E-state index in [0.29, 0.717) is 10.2 Å². The second-order valence-electron chi connectivity index (χ2n) is 4.75. The van der Waals surface area contributed by atoms with Crippen LogP contribution < -0.4 is 4.80 Å². The summed E-state index contributed by atoms with van der Waals surface area (Å²) in [7, 11) is 1.23. The van der Waals surface area contributed by atoms with Gasteiger partial charge in [0.05, 0.1) is 28.4 Å². The first-order valence-electron chi connectivity index (χ1n) is 6.84. The summed E-state index contributed by atoms with van der Waals surface area (Å²) in [5.41, 5.74) is 0.414. The van der Waals surface area contributed by atoms with E-state index in [0.717, 1.165) is 11.3 Å². The van der Waals surface area contributed by atoms with Crippen molar-refractivity contribution in [1.82, 2.24) is 9.72 Å². The van der Waals surface area contributed by atoms with Crippen molar-refractivity contribution in [3.63, 3.8) is 0 Å². The predicted octanol–water partition coefficient (Wildman–Crippen LogP) is 1.51. The number of amides is 1. The number of aromatic nitrogens is 2. The van der Waals surface area contributed by atoms with E-state index in [4.69, 9.17) is 4.52 Å². The lowest BCUT2D eigenvalue weighted by Gasteiger charge is -2.03. The fourth-order valence-electron chi connectivity index (χ4n) is 2.08. The standard InChI is InChI=1S/C14H10N4O6S/c1-23-12(19)7-17-9-3-2-8(18(21)22)6-11(9)25-14(17)16-13(20)10-4-5-15-24-10/h2-6H,7H2,1H3. The van der Waals surface area contributed by atoms with Crippen LogP contribution in [0.4, 0.5) is 5.69 Å². The van der Waals surface area contributed by atoms with Crippen molar-refractivity contribution in [2.45, 2.75) is 6.54 Å². The minimum atomic E-state index is -0.683. The quantitative estimate of drug-likeness (QED) is 0.390. The number of hydrogen-bond acceptors (Lipinski definition) is 8. The third-order valence-corrected chi connectivity index (χ3v) is 4.28. The van der Waals surface area contributed by atoms with E-state index in [-0.39, 0.29) is 22.8 Å². The zero-order valence-corrected chi connectivity index (χ0v) is 13.6. The number of nitrogens with zero attached hydrogens (tertiary/aromatic N) is 4. The van der Waals surface area contributed by atoms with Gasteiger partial charge >= 0.3 is 11.9 Å². The van der Waals surface area contributed by atoms with E-state index in [1.165, 1.54) is 42.1 Å². The summed E-state index contributed by atoms with van der Waals surface area (Å²) in [4.78, 5) is 38.3. The van der Waals surface area contributed by atoms with Gasteiger partial charge in [-0.2, -0.15) is 4.99 Å². The zero-order chi connectivity index (χ0) is 18.0. The first-order valence-corrected chi connectivity index (χ1v) is 7.65. The van der Waals surface area contributed by atoms with Gasteiger partial charge < -0.3 is 13.8 Å². The summed E-state index contributed by atoms with van der Waals surface area (Å²) in [6.07, 6.45) is 1.31. The zero-order valence-electron chi connectivity index (χ0n) is 12.7. The van der Waals surface area contributed by atoms with Crippen LogP contribution in [0, 0.1) is 10.1 Å². The van der Waals surface area contributed by atoms with Crippen LogP contribution in [0.3, 0.4) is 0 Å². The number of benzene rings is 1. The molecule has 2 aromatic heterocycles. The minimum absolute atomic E-state index is 0.0620. The second-order valence-corrected chi connectivity index (χ2v) is 5.76. The Labute approximate surface area is 143 Å². The first-order chi connectivity index (χ1) is 12.0. The average molecular weight is 362 g/mol. The van der Waals surface area contributed by atoms with Gasteiger partial charge in [-0.05, 0) is 6.07 Å². The van der Waals surface area contributed by atoms with Gasteiger partial charge in [0.2, 0.25) is 5.76 Å². The number of ether oxygens (including phenoxy) is 1. The van der Waals surface area contributed by atoms with Crippen molar-refractivity contribution in [2.75, 3.05) is 7.11 Å². The number of carbonyl (C=O) groups excluding carboxylic acids is 2. The van der Waals surface area contributed by atoms with Crippen LogP contribution in [0.25, 0.3) is 10.2 Å². The molecule has 0 aliphatic rings. The number of non-ortho nitro benzene ring substituents is 1. The SMILES string of the molecule is COC(=O)Cn1c(=NC(=O)c2ccno2)sc2cc([N+](=O)[O-])ccc21. The molecule has 1 aromatic carbocycles. The van der Waals surface area contributed by atoms with E-state index in [9.17, 15) is 19.7 Å². The van der Waals surface area contributed by atoms with Crippen molar-refractivity contribution in [1.29, 1.82) is 0 Å². The van der Waals surface area contributed by atoms with Crippen LogP contribution >= 0.6 is 11.3 Å². The predicted molar refractivity (Wildman–Crippen MR) is 84.9 cm³/mol. The molecule has 0 fully saturated rings. The lowest BCUT2D eigenvalue weighted by Crippen LogP contribution is -2.22. The maximum Gasteiger partial charge on any atom is 0.325 e. The van der Waals surface area contributed by atoms with Gasteiger partial charge in [0.1, 0.15) is 6.54 Å². The third kappa shape index (κ3) is 3.30. The van der Waals surface area contributed by atoms with Gasteiger partial charge in [-0.15, -0.1) is 0 Å². The molecule has 25 heavy (non-hydrogen) atoms. The normalized spacial score (nSPS) is 11.6. The van der Waals surface area contributed by atoms with Crippen molar-refractivity contribution >= 4 is 39.1 Å². The maximum atomic E-state index is 12.1. The molecule has 11 heteroatoms. The summed E-state index contributed by atoms with van der Waals surface area (Å²) in [6.45, 7) is -0.198. The second kappa shape index (κ2) is 6.65. The highest BCUT2D eigenvalue weighted by molar-refractivity contribution is 7.16. The number of carbonyl (C=O) groups is 2. The van der Waals surface area contributed by atoms with Gasteiger partial charge in [-0.25, -0.2) is 0 Å². The van der Waals surface area contributed by atoms with E-state index >= 15 is 0 Å². The molecule has 0 radical (unpaired) electrons. The van der Waals surface area contributed by atoms with Crippen LogP contribution in [0.1, 0.15) is 10.6 Å². The number of thiazole rings is 1. The Hall–Kier alpha value is -3.34. The number of fused-ring (bicyclic) bond motifs is 1. The Morgan fingerprint density at radius 3 is 2.88 bits per heavy atom. The van der Waals surface area contributed by atoms with Gasteiger partial charge in [0.15, 0.2) is 4.80 Å². The molecule has 3 aromatic rings. The fraction of sp³-hybridized carbons (Fsp3) is 0.143. The van der Waals surface area contributed by atoms with Crippen LogP contribution in [-0.2, 0) is 16.1 Å². The number of rotatable bonds is 4. The van der Waals surface area contributed by atoms with Crippen molar-refractivity contribution < 1.29 is 23.8 Å². The number of methoxy groups -OCH3 is 1. The molecule has 10 nitrogen and oxygen atoms in total. The molecule has 0 aliphatic heterocycles. The lowest BCUT2D eigenvalue weighted by atomic mass is 10.3. The minimum Gasteiger partial charge on any atom is -0.468 e. The molecule has 0 aliphatic carbocycles. The molecule has 1 amide bonds. The molecule has 2 heterocycles. The van der Waals surface area contributed by atoms with Crippen molar-refractivity contribution in [3.8, 4) is 0 Å². The number of hydrogen-bond donors (Lipinski definition) is 0. The smallest absolute Gasteiger partial charge is 0.325 e. The van der Waals surface area contributed by atoms with E-state index in [2.05, 4.69) is 14.9 Å². The Morgan fingerprint density at radius 1 is 1.44 bits per heavy atom. The van der Waals surface area contributed by atoms with E-state index in [1.54, 1.807) is 0 Å². The Balaban J connectivity index is 2.17. The molecule has 128 valence electrons. The highest BCUT2D eigenvalue weighted by Crippen LogP contribution is 2.23. The van der Waals surface area contributed by atoms with Gasteiger partial charge in [-0.3, -0.25) is 19.7 Å². The summed E-state index contributed by atoms with van der Waals surface area (Å²) in [5.74, 6) is -1.29. The molecule has 0 spiro atoms. The van der Waals surface area contributed by atoms with E-state index < -0.39 is 16.8 Å². The molecular weight excluding hydrogens is 352 g/mol.